The lowest BCUT2D eigenvalue weighted by Crippen LogP contribution is -2.16. The molecular formula is C14H8ClF6NO2S. The number of benzene rings is 2. The molecule has 0 bridgehead atoms. The van der Waals surface area contributed by atoms with E-state index in [1.54, 1.807) is 4.72 Å². The maximum atomic E-state index is 12.8. The molecule has 0 atom stereocenters. The average Bonchev–Trinajstić information content (AvgIpc) is 2.44. The Hall–Kier alpha value is -1.94. The van der Waals surface area contributed by atoms with Gasteiger partial charge in [-0.05, 0) is 36.4 Å². The highest BCUT2D eigenvalue weighted by Gasteiger charge is 2.37. The molecule has 0 saturated heterocycles. The van der Waals surface area contributed by atoms with Gasteiger partial charge in [0.2, 0.25) is 0 Å². The SMILES string of the molecule is O=S(=O)(Nc1cc(C(F)(F)F)cc(C(F)(F)F)c1)c1cccc(Cl)c1. The summed E-state index contributed by atoms with van der Waals surface area (Å²) in [5.41, 5.74) is -4.14. The third kappa shape index (κ3) is 4.79. The van der Waals surface area contributed by atoms with Crippen molar-refractivity contribution in [1.29, 1.82) is 0 Å². The van der Waals surface area contributed by atoms with Crippen LogP contribution in [-0.2, 0) is 22.4 Å². The Morgan fingerprint density at radius 1 is 0.840 bits per heavy atom. The van der Waals surface area contributed by atoms with Crippen molar-refractivity contribution in [3.63, 3.8) is 0 Å². The van der Waals surface area contributed by atoms with E-state index in [0.717, 1.165) is 12.1 Å². The molecule has 0 aliphatic carbocycles. The van der Waals surface area contributed by atoms with Crippen LogP contribution in [0, 0.1) is 0 Å². The maximum absolute atomic E-state index is 12.8. The molecule has 2 aromatic rings. The number of nitrogens with one attached hydrogen (secondary N) is 1. The Kier molecular flexibility index (Phi) is 4.97. The summed E-state index contributed by atoms with van der Waals surface area (Å²) >= 11 is 5.63. The number of hydrogen-bond donors (Lipinski definition) is 1. The predicted molar refractivity (Wildman–Crippen MR) is 78.7 cm³/mol. The molecule has 0 fully saturated rings. The quantitative estimate of drug-likeness (QED) is 0.718. The summed E-state index contributed by atoms with van der Waals surface area (Å²) in [6.45, 7) is 0. The highest BCUT2D eigenvalue weighted by atomic mass is 35.5. The number of halogens is 7. The molecule has 0 spiro atoms. The molecular weight excluding hydrogens is 396 g/mol. The molecule has 0 unspecified atom stereocenters. The molecule has 1 N–H and O–H groups in total. The van der Waals surface area contributed by atoms with Gasteiger partial charge in [-0.3, -0.25) is 4.72 Å². The molecule has 0 heterocycles. The summed E-state index contributed by atoms with van der Waals surface area (Å²) in [5, 5.41) is 0.0305. The first-order valence-electron chi connectivity index (χ1n) is 6.37. The first kappa shape index (κ1) is 19.4. The highest BCUT2D eigenvalue weighted by molar-refractivity contribution is 7.92. The van der Waals surface area contributed by atoms with Crippen molar-refractivity contribution < 1.29 is 34.8 Å². The van der Waals surface area contributed by atoms with Gasteiger partial charge < -0.3 is 0 Å². The van der Waals surface area contributed by atoms with Gasteiger partial charge in [0, 0.05) is 5.02 Å². The Bertz CT molecular complexity index is 861. The van der Waals surface area contributed by atoms with Crippen LogP contribution >= 0.6 is 11.6 Å². The zero-order chi connectivity index (χ0) is 19.0. The lowest BCUT2D eigenvalue weighted by Gasteiger charge is -2.15. The lowest BCUT2D eigenvalue weighted by atomic mass is 10.1. The second-order valence-corrected chi connectivity index (χ2v) is 6.98. The van der Waals surface area contributed by atoms with E-state index in [1.165, 1.54) is 12.1 Å². The molecule has 0 saturated carbocycles. The van der Waals surface area contributed by atoms with Crippen molar-refractivity contribution in [2.75, 3.05) is 4.72 Å². The number of alkyl halides is 6. The molecule has 2 aromatic carbocycles. The molecule has 25 heavy (non-hydrogen) atoms. The molecule has 0 amide bonds. The van der Waals surface area contributed by atoms with E-state index in [4.69, 9.17) is 11.6 Å². The molecule has 11 heteroatoms. The van der Waals surface area contributed by atoms with E-state index in [2.05, 4.69) is 0 Å². The fourth-order valence-corrected chi connectivity index (χ4v) is 3.20. The van der Waals surface area contributed by atoms with Gasteiger partial charge in [0.1, 0.15) is 0 Å². The fourth-order valence-electron chi connectivity index (χ4n) is 1.86. The van der Waals surface area contributed by atoms with Gasteiger partial charge in [0.15, 0.2) is 0 Å². The third-order valence-electron chi connectivity index (χ3n) is 2.95. The Morgan fingerprint density at radius 2 is 1.36 bits per heavy atom. The molecule has 3 nitrogen and oxygen atoms in total. The second-order valence-electron chi connectivity index (χ2n) is 4.86. The van der Waals surface area contributed by atoms with Crippen LogP contribution in [0.2, 0.25) is 5.02 Å². The Balaban J connectivity index is 2.52. The Labute approximate surface area is 143 Å². The molecule has 136 valence electrons. The number of anilines is 1. The van der Waals surface area contributed by atoms with Gasteiger partial charge >= 0.3 is 12.4 Å². The minimum Gasteiger partial charge on any atom is -0.280 e. The van der Waals surface area contributed by atoms with Crippen molar-refractivity contribution in [2.24, 2.45) is 0 Å². The lowest BCUT2D eigenvalue weighted by molar-refractivity contribution is -0.143. The van der Waals surface area contributed by atoms with E-state index in [1.807, 2.05) is 0 Å². The minimum absolute atomic E-state index is 0.0305. The third-order valence-corrected chi connectivity index (χ3v) is 4.56. The van der Waals surface area contributed by atoms with Gasteiger partial charge in [0.05, 0.1) is 21.7 Å². The summed E-state index contributed by atoms with van der Waals surface area (Å²) < 4.78 is 103. The molecule has 0 aromatic heterocycles. The largest absolute Gasteiger partial charge is 0.416 e. The monoisotopic (exact) mass is 403 g/mol. The number of sulfonamides is 1. The summed E-state index contributed by atoms with van der Waals surface area (Å²) in [4.78, 5) is -0.411. The van der Waals surface area contributed by atoms with Gasteiger partial charge in [-0.2, -0.15) is 26.3 Å². The molecule has 0 radical (unpaired) electrons. The van der Waals surface area contributed by atoms with Crippen LogP contribution in [0.25, 0.3) is 0 Å². The van der Waals surface area contributed by atoms with Crippen LogP contribution < -0.4 is 4.72 Å². The van der Waals surface area contributed by atoms with Crippen LogP contribution in [0.15, 0.2) is 47.4 Å². The predicted octanol–water partition coefficient (Wildman–Crippen LogP) is 5.18. The van der Waals surface area contributed by atoms with Crippen molar-refractivity contribution in [3.8, 4) is 0 Å². The van der Waals surface area contributed by atoms with Crippen LogP contribution in [0.3, 0.4) is 0 Å². The van der Waals surface area contributed by atoms with Gasteiger partial charge in [-0.15, -0.1) is 0 Å². The summed E-state index contributed by atoms with van der Waals surface area (Å²) in [6, 6.07) is 5.16. The molecule has 0 aliphatic rings. The minimum atomic E-state index is -5.09. The van der Waals surface area contributed by atoms with Crippen LogP contribution in [0.4, 0.5) is 32.0 Å². The van der Waals surface area contributed by atoms with Crippen molar-refractivity contribution in [1.82, 2.24) is 0 Å². The summed E-state index contributed by atoms with van der Waals surface area (Å²) in [6.07, 6.45) is -10.2. The van der Waals surface area contributed by atoms with Crippen LogP contribution in [0.1, 0.15) is 11.1 Å². The summed E-state index contributed by atoms with van der Waals surface area (Å²) in [5.74, 6) is 0. The molecule has 0 aliphatic heterocycles. The Morgan fingerprint density at radius 3 is 1.80 bits per heavy atom. The van der Waals surface area contributed by atoms with E-state index >= 15 is 0 Å². The van der Waals surface area contributed by atoms with Crippen molar-refractivity contribution in [2.45, 2.75) is 17.2 Å². The first-order valence-corrected chi connectivity index (χ1v) is 8.23. The maximum Gasteiger partial charge on any atom is 0.416 e. The number of hydrogen-bond acceptors (Lipinski definition) is 2. The highest BCUT2D eigenvalue weighted by Crippen LogP contribution is 2.38. The fraction of sp³-hybridized carbons (Fsp3) is 0.143. The zero-order valence-corrected chi connectivity index (χ0v) is 13.5. The first-order chi connectivity index (χ1) is 11.3. The van der Waals surface area contributed by atoms with Gasteiger partial charge in [0.25, 0.3) is 10.0 Å². The normalized spacial score (nSPS) is 12.9. The van der Waals surface area contributed by atoms with E-state index in [-0.39, 0.29) is 23.2 Å². The standard InChI is InChI=1S/C14H8ClF6NO2S/c15-10-2-1-3-12(7-10)25(23,24)22-11-5-8(13(16,17)18)4-9(6-11)14(19,20)21/h1-7,22H. The summed E-state index contributed by atoms with van der Waals surface area (Å²) in [7, 11) is -4.43. The van der Waals surface area contributed by atoms with Crippen LogP contribution in [0.5, 0.6) is 0 Å². The number of rotatable bonds is 3. The smallest absolute Gasteiger partial charge is 0.280 e. The average molecular weight is 404 g/mol. The van der Waals surface area contributed by atoms with Gasteiger partial charge in [-0.1, -0.05) is 17.7 Å². The van der Waals surface area contributed by atoms with Crippen LogP contribution in [-0.4, -0.2) is 8.42 Å². The van der Waals surface area contributed by atoms with Gasteiger partial charge in [-0.25, -0.2) is 8.42 Å². The van der Waals surface area contributed by atoms with E-state index in [0.29, 0.717) is 0 Å². The topological polar surface area (TPSA) is 46.2 Å². The van der Waals surface area contributed by atoms with Crippen molar-refractivity contribution >= 4 is 27.3 Å². The second kappa shape index (κ2) is 6.41. The van der Waals surface area contributed by atoms with E-state index < -0.39 is 44.1 Å². The molecule has 2 rings (SSSR count). The van der Waals surface area contributed by atoms with E-state index in [9.17, 15) is 34.8 Å². The zero-order valence-electron chi connectivity index (χ0n) is 11.9. The van der Waals surface area contributed by atoms with Crippen molar-refractivity contribution in [3.05, 3.63) is 58.6 Å².